The summed E-state index contributed by atoms with van der Waals surface area (Å²) in [4.78, 5) is 28.8. The minimum absolute atomic E-state index is 0.136. The molecule has 190 valence electrons. The molecule has 0 heterocycles. The van der Waals surface area contributed by atoms with Gasteiger partial charge in [0.25, 0.3) is 5.91 Å². The second-order valence-electron chi connectivity index (χ2n) is 9.42. The number of carbonyl (C=O) groups is 2. The molecule has 3 rings (SSSR count). The van der Waals surface area contributed by atoms with Gasteiger partial charge >= 0.3 is 0 Å². The largest absolute Gasteiger partial charge is 0.483 e. The normalized spacial score (nSPS) is 11.6. The Hall–Kier alpha value is -3.60. The molecular weight excluding hydrogens is 448 g/mol. The van der Waals surface area contributed by atoms with Gasteiger partial charge in [-0.1, -0.05) is 91.2 Å². The molecule has 0 saturated heterocycles. The highest BCUT2D eigenvalue weighted by Gasteiger charge is 2.30. The third kappa shape index (κ3) is 7.98. The topological polar surface area (TPSA) is 58.6 Å². The maximum absolute atomic E-state index is 13.7. The summed E-state index contributed by atoms with van der Waals surface area (Å²) in [5, 5.41) is 3.05. The molecular formula is C31H38N2O3. The second-order valence-corrected chi connectivity index (χ2v) is 9.42. The van der Waals surface area contributed by atoms with E-state index in [-0.39, 0.29) is 18.4 Å². The van der Waals surface area contributed by atoms with Crippen LogP contribution in [0.4, 0.5) is 0 Å². The van der Waals surface area contributed by atoms with Crippen LogP contribution in [0, 0.1) is 20.8 Å². The molecule has 5 nitrogen and oxygen atoms in total. The molecule has 5 heteroatoms. The van der Waals surface area contributed by atoms with E-state index in [1.807, 2.05) is 87.5 Å². The van der Waals surface area contributed by atoms with E-state index in [0.717, 1.165) is 40.7 Å². The number of hydrogen-bond donors (Lipinski definition) is 1. The number of nitrogens with one attached hydrogen (secondary N) is 1. The number of amides is 2. The Labute approximate surface area is 215 Å². The molecule has 1 N–H and O–H groups in total. The highest BCUT2D eigenvalue weighted by Crippen LogP contribution is 2.20. The number of unbranched alkanes of at least 4 members (excludes halogenated alkanes) is 1. The second kappa shape index (κ2) is 13.5. The number of benzene rings is 3. The molecule has 2 amide bonds. The van der Waals surface area contributed by atoms with Crippen molar-refractivity contribution in [2.24, 2.45) is 0 Å². The minimum atomic E-state index is -0.653. The Morgan fingerprint density at radius 3 is 2.31 bits per heavy atom. The number of rotatable bonds is 12. The number of nitrogens with zero attached hydrogens (tertiary/aromatic N) is 1. The molecule has 3 aromatic carbocycles. The van der Waals surface area contributed by atoms with Gasteiger partial charge in [0, 0.05) is 19.5 Å². The predicted molar refractivity (Wildman–Crippen MR) is 145 cm³/mol. The Balaban J connectivity index is 1.89. The summed E-state index contributed by atoms with van der Waals surface area (Å²) in [6.45, 7) is 8.89. The van der Waals surface area contributed by atoms with Crippen LogP contribution in [0.2, 0.25) is 0 Å². The van der Waals surface area contributed by atoms with Crippen LogP contribution in [0.5, 0.6) is 5.75 Å². The number of hydrogen-bond acceptors (Lipinski definition) is 3. The van der Waals surface area contributed by atoms with Gasteiger partial charge in [-0.3, -0.25) is 9.59 Å². The monoisotopic (exact) mass is 486 g/mol. The molecule has 0 spiro atoms. The van der Waals surface area contributed by atoms with Crippen molar-refractivity contribution in [2.45, 2.75) is 59.5 Å². The quantitative estimate of drug-likeness (QED) is 0.342. The Morgan fingerprint density at radius 1 is 0.889 bits per heavy atom. The van der Waals surface area contributed by atoms with Gasteiger partial charge in [-0.05, 0) is 49.9 Å². The van der Waals surface area contributed by atoms with Crippen molar-refractivity contribution < 1.29 is 14.3 Å². The molecule has 0 radical (unpaired) electrons. The number of ether oxygens (including phenoxy) is 1. The zero-order chi connectivity index (χ0) is 25.9. The molecule has 1 atom stereocenters. The van der Waals surface area contributed by atoms with Crippen LogP contribution >= 0.6 is 0 Å². The van der Waals surface area contributed by atoms with Crippen molar-refractivity contribution in [3.8, 4) is 5.75 Å². The molecule has 0 bridgehead atoms. The molecule has 0 unspecified atom stereocenters. The van der Waals surface area contributed by atoms with Gasteiger partial charge in [0.1, 0.15) is 11.8 Å². The van der Waals surface area contributed by atoms with Gasteiger partial charge in [-0.15, -0.1) is 0 Å². The first-order chi connectivity index (χ1) is 17.4. The summed E-state index contributed by atoms with van der Waals surface area (Å²) >= 11 is 0. The Kier molecular flexibility index (Phi) is 10.1. The van der Waals surface area contributed by atoms with Crippen LogP contribution in [-0.4, -0.2) is 35.9 Å². The molecule has 0 saturated carbocycles. The third-order valence-corrected chi connectivity index (χ3v) is 6.22. The summed E-state index contributed by atoms with van der Waals surface area (Å²) < 4.78 is 5.95. The number of aryl methyl sites for hydroxylation is 3. The maximum atomic E-state index is 13.7. The van der Waals surface area contributed by atoms with E-state index in [0.29, 0.717) is 25.3 Å². The van der Waals surface area contributed by atoms with Gasteiger partial charge in [-0.2, -0.15) is 0 Å². The molecule has 36 heavy (non-hydrogen) atoms. The highest BCUT2D eigenvalue weighted by molar-refractivity contribution is 5.88. The molecule has 0 aliphatic heterocycles. The number of carbonyl (C=O) groups excluding carboxylic acids is 2. The molecule has 0 aromatic heterocycles. The average molecular weight is 487 g/mol. The summed E-state index contributed by atoms with van der Waals surface area (Å²) in [6.07, 6.45) is 2.31. The Bertz CT molecular complexity index is 1140. The lowest BCUT2D eigenvalue weighted by Crippen LogP contribution is -2.51. The van der Waals surface area contributed by atoms with E-state index in [4.69, 9.17) is 4.74 Å². The van der Waals surface area contributed by atoms with Crippen LogP contribution in [0.1, 0.15) is 47.6 Å². The summed E-state index contributed by atoms with van der Waals surface area (Å²) in [5.74, 6) is 0.319. The van der Waals surface area contributed by atoms with Gasteiger partial charge in [0.05, 0.1) is 0 Å². The Morgan fingerprint density at radius 2 is 1.61 bits per heavy atom. The van der Waals surface area contributed by atoms with E-state index in [1.54, 1.807) is 4.90 Å². The summed E-state index contributed by atoms with van der Waals surface area (Å²) in [7, 11) is 0. The lowest BCUT2D eigenvalue weighted by Gasteiger charge is -2.31. The standard InChI is InChI=1S/C31H38N2O3/c1-5-6-17-32-31(35)28(20-26-12-8-7-9-13-26)33(21-27-14-10-11-23(2)19-27)30(34)22-36-29-16-15-24(3)18-25(29)4/h7-16,18-19,28H,5-6,17,20-22H2,1-4H3,(H,32,35)/t28-/m0/s1. The van der Waals surface area contributed by atoms with E-state index in [2.05, 4.69) is 18.3 Å². The summed E-state index contributed by atoms with van der Waals surface area (Å²) in [6, 6.07) is 23.1. The zero-order valence-electron chi connectivity index (χ0n) is 21.9. The van der Waals surface area contributed by atoms with Crippen LogP contribution < -0.4 is 10.1 Å². The first-order valence-electron chi connectivity index (χ1n) is 12.7. The lowest BCUT2D eigenvalue weighted by molar-refractivity contribution is -0.142. The highest BCUT2D eigenvalue weighted by atomic mass is 16.5. The fraction of sp³-hybridized carbons (Fsp3) is 0.355. The SMILES string of the molecule is CCCCNC(=O)[C@H](Cc1ccccc1)N(Cc1cccc(C)c1)C(=O)COc1ccc(C)cc1C. The smallest absolute Gasteiger partial charge is 0.261 e. The van der Waals surface area contributed by atoms with E-state index in [1.165, 1.54) is 0 Å². The van der Waals surface area contributed by atoms with Crippen LogP contribution in [0.25, 0.3) is 0 Å². The van der Waals surface area contributed by atoms with E-state index in [9.17, 15) is 9.59 Å². The first kappa shape index (κ1) is 27.0. The van der Waals surface area contributed by atoms with Crippen molar-refractivity contribution in [3.05, 3.63) is 101 Å². The predicted octanol–water partition coefficient (Wildman–Crippen LogP) is 5.55. The molecule has 0 aliphatic rings. The molecule has 0 fully saturated rings. The fourth-order valence-electron chi connectivity index (χ4n) is 4.25. The lowest BCUT2D eigenvalue weighted by atomic mass is 10.0. The van der Waals surface area contributed by atoms with Gasteiger partial charge in [-0.25, -0.2) is 0 Å². The van der Waals surface area contributed by atoms with E-state index >= 15 is 0 Å². The van der Waals surface area contributed by atoms with Crippen molar-refractivity contribution >= 4 is 11.8 Å². The van der Waals surface area contributed by atoms with Crippen molar-refractivity contribution in [2.75, 3.05) is 13.2 Å². The van der Waals surface area contributed by atoms with Gasteiger partial charge in [0.2, 0.25) is 5.91 Å². The zero-order valence-corrected chi connectivity index (χ0v) is 21.9. The van der Waals surface area contributed by atoms with Crippen LogP contribution in [-0.2, 0) is 22.6 Å². The van der Waals surface area contributed by atoms with Gasteiger partial charge in [0.15, 0.2) is 6.61 Å². The maximum Gasteiger partial charge on any atom is 0.261 e. The van der Waals surface area contributed by atoms with Gasteiger partial charge < -0.3 is 15.0 Å². The van der Waals surface area contributed by atoms with Crippen LogP contribution in [0.3, 0.4) is 0 Å². The van der Waals surface area contributed by atoms with E-state index < -0.39 is 6.04 Å². The third-order valence-electron chi connectivity index (χ3n) is 6.22. The van der Waals surface area contributed by atoms with Crippen molar-refractivity contribution in [3.63, 3.8) is 0 Å². The summed E-state index contributed by atoms with van der Waals surface area (Å²) in [5.41, 5.74) is 5.21. The fourth-order valence-corrected chi connectivity index (χ4v) is 4.25. The van der Waals surface area contributed by atoms with Crippen LogP contribution in [0.15, 0.2) is 72.8 Å². The molecule has 0 aliphatic carbocycles. The first-order valence-corrected chi connectivity index (χ1v) is 12.7. The van der Waals surface area contributed by atoms with Crippen molar-refractivity contribution in [1.82, 2.24) is 10.2 Å². The minimum Gasteiger partial charge on any atom is -0.483 e. The average Bonchev–Trinajstić information content (AvgIpc) is 2.86. The van der Waals surface area contributed by atoms with Crippen molar-refractivity contribution in [1.29, 1.82) is 0 Å². The molecule has 3 aromatic rings.